The largest absolute Gasteiger partial charge is 0.493 e. The van der Waals surface area contributed by atoms with Gasteiger partial charge in [-0.3, -0.25) is 4.79 Å². The maximum atomic E-state index is 12.7. The Morgan fingerprint density at radius 1 is 1.12 bits per heavy atom. The van der Waals surface area contributed by atoms with Crippen LogP contribution in [-0.2, 0) is 12.8 Å². The molecule has 1 aromatic carbocycles. The van der Waals surface area contributed by atoms with Crippen LogP contribution in [0.4, 0.5) is 5.69 Å². The minimum atomic E-state index is -0.110. The van der Waals surface area contributed by atoms with Crippen molar-refractivity contribution < 1.29 is 19.0 Å². The average Bonchev–Trinajstić information content (AvgIpc) is 3.04. The summed E-state index contributed by atoms with van der Waals surface area (Å²) >= 11 is 1.59. The minimum Gasteiger partial charge on any atom is -0.493 e. The summed E-state index contributed by atoms with van der Waals surface area (Å²) in [6, 6.07) is 5.49. The minimum absolute atomic E-state index is 0.110. The predicted octanol–water partition coefficient (Wildman–Crippen LogP) is 4.15. The zero-order chi connectivity index (χ0) is 18.0. The van der Waals surface area contributed by atoms with Crippen LogP contribution in [-0.4, -0.2) is 27.2 Å². The third-order valence-electron chi connectivity index (χ3n) is 4.48. The van der Waals surface area contributed by atoms with Crippen molar-refractivity contribution in [1.29, 1.82) is 0 Å². The van der Waals surface area contributed by atoms with Crippen molar-refractivity contribution in [2.24, 2.45) is 5.92 Å². The van der Waals surface area contributed by atoms with Crippen molar-refractivity contribution in [3.8, 4) is 17.2 Å². The van der Waals surface area contributed by atoms with Crippen LogP contribution < -0.4 is 19.5 Å². The molecule has 1 heterocycles. The molecule has 25 heavy (non-hydrogen) atoms. The fourth-order valence-electron chi connectivity index (χ4n) is 3.16. The van der Waals surface area contributed by atoms with Gasteiger partial charge in [-0.25, -0.2) is 0 Å². The fraction of sp³-hybridized carbons (Fsp3) is 0.421. The van der Waals surface area contributed by atoms with Gasteiger partial charge in [0.15, 0.2) is 11.5 Å². The van der Waals surface area contributed by atoms with Gasteiger partial charge in [0.2, 0.25) is 5.75 Å². The highest BCUT2D eigenvalue weighted by atomic mass is 32.1. The van der Waals surface area contributed by atoms with Crippen molar-refractivity contribution >= 4 is 22.9 Å². The van der Waals surface area contributed by atoms with Gasteiger partial charge in [0, 0.05) is 22.7 Å². The molecule has 0 fully saturated rings. The second kappa shape index (κ2) is 7.35. The maximum Gasteiger partial charge on any atom is 0.265 e. The normalized spacial score (nSPS) is 16.1. The van der Waals surface area contributed by atoms with Crippen LogP contribution in [0.3, 0.4) is 0 Å². The van der Waals surface area contributed by atoms with E-state index in [1.807, 2.05) is 6.07 Å². The van der Waals surface area contributed by atoms with E-state index in [2.05, 4.69) is 12.2 Å². The van der Waals surface area contributed by atoms with Crippen molar-refractivity contribution in [3.05, 3.63) is 33.5 Å². The number of methoxy groups -OCH3 is 3. The van der Waals surface area contributed by atoms with Gasteiger partial charge in [-0.2, -0.15) is 0 Å². The number of amides is 1. The number of anilines is 1. The number of hydrogen-bond donors (Lipinski definition) is 1. The van der Waals surface area contributed by atoms with Gasteiger partial charge in [-0.05, 0) is 36.8 Å². The third-order valence-corrected chi connectivity index (χ3v) is 5.71. The zero-order valence-electron chi connectivity index (χ0n) is 15.0. The first-order valence-electron chi connectivity index (χ1n) is 8.28. The van der Waals surface area contributed by atoms with E-state index in [4.69, 9.17) is 14.2 Å². The van der Waals surface area contributed by atoms with E-state index in [-0.39, 0.29) is 5.91 Å². The van der Waals surface area contributed by atoms with Crippen LogP contribution in [0.2, 0.25) is 0 Å². The molecule has 2 aromatic rings. The summed E-state index contributed by atoms with van der Waals surface area (Å²) in [5, 5.41) is 2.94. The van der Waals surface area contributed by atoms with Crippen molar-refractivity contribution in [2.45, 2.75) is 26.2 Å². The Balaban J connectivity index is 1.83. The smallest absolute Gasteiger partial charge is 0.265 e. The molecule has 0 saturated heterocycles. The van der Waals surface area contributed by atoms with Gasteiger partial charge in [0.05, 0.1) is 26.2 Å². The molecule has 1 amide bonds. The van der Waals surface area contributed by atoms with E-state index < -0.39 is 0 Å². The summed E-state index contributed by atoms with van der Waals surface area (Å²) in [5.41, 5.74) is 1.93. The highest BCUT2D eigenvalue weighted by Gasteiger charge is 2.21. The van der Waals surface area contributed by atoms with Crippen LogP contribution in [0.25, 0.3) is 0 Å². The Morgan fingerprint density at radius 3 is 2.40 bits per heavy atom. The van der Waals surface area contributed by atoms with Gasteiger partial charge < -0.3 is 19.5 Å². The molecule has 1 aliphatic rings. The van der Waals surface area contributed by atoms with E-state index in [1.165, 1.54) is 16.9 Å². The topological polar surface area (TPSA) is 56.8 Å². The first kappa shape index (κ1) is 17.6. The number of ether oxygens (including phenoxy) is 3. The van der Waals surface area contributed by atoms with E-state index in [0.29, 0.717) is 28.9 Å². The maximum absolute atomic E-state index is 12.7. The second-order valence-corrected chi connectivity index (χ2v) is 7.41. The van der Waals surface area contributed by atoms with E-state index in [1.54, 1.807) is 44.8 Å². The molecule has 0 bridgehead atoms. The molecule has 3 rings (SSSR count). The molecule has 1 atom stereocenters. The summed E-state index contributed by atoms with van der Waals surface area (Å²) in [7, 11) is 4.66. The lowest BCUT2D eigenvalue weighted by atomic mass is 9.90. The lowest BCUT2D eigenvalue weighted by Crippen LogP contribution is -2.11. The number of fused-ring (bicyclic) bond motifs is 1. The van der Waals surface area contributed by atoms with Gasteiger partial charge in [0.1, 0.15) is 0 Å². The summed E-state index contributed by atoms with van der Waals surface area (Å²) < 4.78 is 16.0. The van der Waals surface area contributed by atoms with Gasteiger partial charge in [-0.1, -0.05) is 6.92 Å². The molecule has 1 unspecified atom stereocenters. The van der Waals surface area contributed by atoms with Crippen molar-refractivity contribution in [2.75, 3.05) is 26.6 Å². The molecule has 0 aliphatic heterocycles. The average molecular weight is 361 g/mol. The number of benzene rings is 1. The monoisotopic (exact) mass is 361 g/mol. The molecule has 0 saturated carbocycles. The molecule has 5 nitrogen and oxygen atoms in total. The molecule has 134 valence electrons. The molecular formula is C19H23NO4S. The van der Waals surface area contributed by atoms with E-state index in [0.717, 1.165) is 17.7 Å². The Hall–Kier alpha value is -2.21. The molecule has 0 radical (unpaired) electrons. The molecule has 1 aliphatic carbocycles. The zero-order valence-corrected chi connectivity index (χ0v) is 15.8. The summed E-state index contributed by atoms with van der Waals surface area (Å²) in [4.78, 5) is 14.7. The van der Waals surface area contributed by atoms with Crippen LogP contribution in [0.15, 0.2) is 18.2 Å². The number of rotatable bonds is 5. The summed E-state index contributed by atoms with van der Waals surface area (Å²) in [6.07, 6.45) is 3.32. The fourth-order valence-corrected chi connectivity index (χ4v) is 4.27. The molecule has 0 spiro atoms. The Labute approximate surface area is 151 Å². The standard InChI is InChI=1S/C19H23NO4S/c1-11-5-6-16-12(7-11)8-17(25-16)19(21)20-13-9-14(22-2)18(24-4)15(10-13)23-3/h8-11H,5-7H2,1-4H3,(H,20,21). The van der Waals surface area contributed by atoms with Crippen molar-refractivity contribution in [3.63, 3.8) is 0 Å². The highest BCUT2D eigenvalue weighted by molar-refractivity contribution is 7.14. The van der Waals surface area contributed by atoms with Gasteiger partial charge in [-0.15, -0.1) is 11.3 Å². The first-order chi connectivity index (χ1) is 12.0. The quantitative estimate of drug-likeness (QED) is 0.869. The van der Waals surface area contributed by atoms with E-state index >= 15 is 0 Å². The number of aryl methyl sites for hydroxylation is 1. The number of thiophene rings is 1. The second-order valence-electron chi connectivity index (χ2n) is 6.28. The SMILES string of the molecule is COc1cc(NC(=O)c2cc3c(s2)CCC(C)C3)cc(OC)c1OC. The number of nitrogens with one attached hydrogen (secondary N) is 1. The Kier molecular flexibility index (Phi) is 5.18. The first-order valence-corrected chi connectivity index (χ1v) is 9.10. The summed E-state index contributed by atoms with van der Waals surface area (Å²) in [5.74, 6) is 2.10. The summed E-state index contributed by atoms with van der Waals surface area (Å²) in [6.45, 7) is 2.26. The highest BCUT2D eigenvalue weighted by Crippen LogP contribution is 2.40. The Bertz CT molecular complexity index is 759. The van der Waals surface area contributed by atoms with E-state index in [9.17, 15) is 4.79 Å². The number of hydrogen-bond acceptors (Lipinski definition) is 5. The molecule has 1 N–H and O–H groups in total. The molecule has 1 aromatic heterocycles. The molecular weight excluding hydrogens is 338 g/mol. The van der Waals surface area contributed by atoms with Crippen LogP contribution in [0, 0.1) is 5.92 Å². The Morgan fingerprint density at radius 2 is 1.80 bits per heavy atom. The predicted molar refractivity (Wildman–Crippen MR) is 99.6 cm³/mol. The molecule has 6 heteroatoms. The van der Waals surface area contributed by atoms with Gasteiger partial charge >= 0.3 is 0 Å². The van der Waals surface area contributed by atoms with Crippen LogP contribution in [0.1, 0.15) is 33.5 Å². The lowest BCUT2D eigenvalue weighted by Gasteiger charge is -2.16. The van der Waals surface area contributed by atoms with Gasteiger partial charge in [0.25, 0.3) is 5.91 Å². The number of carbonyl (C=O) groups excluding carboxylic acids is 1. The lowest BCUT2D eigenvalue weighted by molar-refractivity contribution is 0.103. The van der Waals surface area contributed by atoms with Crippen molar-refractivity contribution in [1.82, 2.24) is 0 Å². The van der Waals surface area contributed by atoms with Crippen LogP contribution >= 0.6 is 11.3 Å². The van der Waals surface area contributed by atoms with Crippen LogP contribution in [0.5, 0.6) is 17.2 Å². The number of carbonyl (C=O) groups is 1. The third kappa shape index (κ3) is 3.58.